The Morgan fingerprint density at radius 2 is 1.92 bits per heavy atom. The fourth-order valence-corrected chi connectivity index (χ4v) is 2.83. The number of rotatable bonds is 5. The molecule has 3 rings (SSSR count). The number of likely N-dealkylation sites (tertiary alicyclic amines) is 1. The number of carbonyl (C=O) groups is 2. The minimum absolute atomic E-state index is 0.00426. The van der Waals surface area contributed by atoms with Crippen molar-refractivity contribution < 1.29 is 14.3 Å². The van der Waals surface area contributed by atoms with E-state index in [1.165, 1.54) is 0 Å². The fraction of sp³-hybridized carbons (Fsp3) is 0.316. The monoisotopic (exact) mass is 339 g/mol. The number of benzene rings is 1. The maximum atomic E-state index is 12.4. The van der Waals surface area contributed by atoms with E-state index in [0.717, 1.165) is 18.6 Å². The second-order valence-corrected chi connectivity index (χ2v) is 5.95. The number of piperidine rings is 1. The van der Waals surface area contributed by atoms with Crippen LogP contribution in [0.4, 0.5) is 0 Å². The lowest BCUT2D eigenvalue weighted by molar-refractivity contribution is -0.132. The van der Waals surface area contributed by atoms with E-state index in [1.54, 1.807) is 53.7 Å². The summed E-state index contributed by atoms with van der Waals surface area (Å²) in [6.45, 7) is 1.22. The summed E-state index contributed by atoms with van der Waals surface area (Å²) in [5.74, 6) is 0.425. The highest BCUT2D eigenvalue weighted by molar-refractivity contribution is 5.96. The Bertz CT molecular complexity index is 706. The van der Waals surface area contributed by atoms with Gasteiger partial charge < -0.3 is 15.0 Å². The van der Waals surface area contributed by atoms with E-state index in [0.29, 0.717) is 18.7 Å². The standard InChI is InChI=1S/C19H21N3O3/c23-18(13-21-19(24)15-5-2-1-3-6-15)22-12-4-7-17(14-22)25-16-8-10-20-11-9-16/h1-3,5-6,8-11,17H,4,7,12-14H2,(H,21,24). The van der Waals surface area contributed by atoms with Gasteiger partial charge in [0.1, 0.15) is 11.9 Å². The van der Waals surface area contributed by atoms with Crippen molar-refractivity contribution >= 4 is 11.8 Å². The average Bonchev–Trinajstić information content (AvgIpc) is 2.67. The number of hydrogen-bond acceptors (Lipinski definition) is 4. The molecule has 1 unspecified atom stereocenters. The molecule has 1 N–H and O–H groups in total. The molecular formula is C19H21N3O3. The van der Waals surface area contributed by atoms with E-state index in [2.05, 4.69) is 10.3 Å². The lowest BCUT2D eigenvalue weighted by Crippen LogP contribution is -2.48. The van der Waals surface area contributed by atoms with Gasteiger partial charge in [0.2, 0.25) is 5.91 Å². The lowest BCUT2D eigenvalue weighted by atomic mass is 10.1. The zero-order chi connectivity index (χ0) is 17.5. The number of hydrogen-bond donors (Lipinski definition) is 1. The number of carbonyl (C=O) groups excluding carboxylic acids is 2. The van der Waals surface area contributed by atoms with E-state index in [1.807, 2.05) is 6.07 Å². The predicted molar refractivity (Wildman–Crippen MR) is 93.2 cm³/mol. The maximum Gasteiger partial charge on any atom is 0.251 e. The highest BCUT2D eigenvalue weighted by Gasteiger charge is 2.25. The molecule has 0 radical (unpaired) electrons. The first-order chi connectivity index (χ1) is 12.2. The van der Waals surface area contributed by atoms with Crippen LogP contribution in [-0.2, 0) is 4.79 Å². The molecule has 1 fully saturated rings. The van der Waals surface area contributed by atoms with Gasteiger partial charge in [0.05, 0.1) is 13.1 Å². The molecule has 6 heteroatoms. The molecule has 0 aliphatic carbocycles. The summed E-state index contributed by atoms with van der Waals surface area (Å²) in [6.07, 6.45) is 5.11. The molecule has 130 valence electrons. The average molecular weight is 339 g/mol. The molecule has 2 aromatic rings. The second-order valence-electron chi connectivity index (χ2n) is 5.95. The molecule has 1 aliphatic rings. The molecule has 1 aliphatic heterocycles. The molecule has 0 saturated carbocycles. The third-order valence-corrected chi connectivity index (χ3v) is 4.12. The van der Waals surface area contributed by atoms with Crippen molar-refractivity contribution in [2.45, 2.75) is 18.9 Å². The van der Waals surface area contributed by atoms with Crippen molar-refractivity contribution in [3.8, 4) is 5.75 Å². The topological polar surface area (TPSA) is 71.5 Å². The fourth-order valence-electron chi connectivity index (χ4n) is 2.83. The minimum Gasteiger partial charge on any atom is -0.488 e. The summed E-state index contributed by atoms with van der Waals surface area (Å²) in [6, 6.07) is 12.5. The molecule has 1 aromatic heterocycles. The Kier molecular flexibility index (Phi) is 5.61. The summed E-state index contributed by atoms with van der Waals surface area (Å²) in [5, 5.41) is 2.68. The Morgan fingerprint density at radius 1 is 1.16 bits per heavy atom. The Hall–Kier alpha value is -2.89. The van der Waals surface area contributed by atoms with E-state index >= 15 is 0 Å². The molecule has 0 bridgehead atoms. The summed E-state index contributed by atoms with van der Waals surface area (Å²) >= 11 is 0. The van der Waals surface area contributed by atoms with Gasteiger partial charge in [-0.2, -0.15) is 0 Å². The molecule has 2 amide bonds. The van der Waals surface area contributed by atoms with Crippen LogP contribution < -0.4 is 10.1 Å². The number of nitrogens with zero attached hydrogens (tertiary/aromatic N) is 2. The summed E-state index contributed by atoms with van der Waals surface area (Å²) in [4.78, 5) is 30.1. The third kappa shape index (κ3) is 4.79. The predicted octanol–water partition coefficient (Wildman–Crippen LogP) is 1.88. The van der Waals surface area contributed by atoms with Crippen molar-refractivity contribution in [1.29, 1.82) is 0 Å². The summed E-state index contributed by atoms with van der Waals surface area (Å²) in [5.41, 5.74) is 0.549. The first kappa shape index (κ1) is 17.0. The smallest absolute Gasteiger partial charge is 0.251 e. The van der Waals surface area contributed by atoms with Gasteiger partial charge in [-0.15, -0.1) is 0 Å². The molecular weight excluding hydrogens is 318 g/mol. The van der Waals surface area contributed by atoms with Crippen molar-refractivity contribution in [3.05, 3.63) is 60.4 Å². The van der Waals surface area contributed by atoms with Gasteiger partial charge in [0.25, 0.3) is 5.91 Å². The highest BCUT2D eigenvalue weighted by atomic mass is 16.5. The van der Waals surface area contributed by atoms with Gasteiger partial charge in [-0.1, -0.05) is 18.2 Å². The minimum atomic E-state index is -0.240. The molecule has 2 heterocycles. The van der Waals surface area contributed by atoms with E-state index in [9.17, 15) is 9.59 Å². The van der Waals surface area contributed by atoms with Gasteiger partial charge in [-0.05, 0) is 37.1 Å². The van der Waals surface area contributed by atoms with Crippen molar-refractivity contribution in [2.24, 2.45) is 0 Å². The molecule has 25 heavy (non-hydrogen) atoms. The van der Waals surface area contributed by atoms with Crippen LogP contribution in [-0.4, -0.2) is 47.4 Å². The zero-order valence-electron chi connectivity index (χ0n) is 13.9. The van der Waals surface area contributed by atoms with Crippen LogP contribution in [0.25, 0.3) is 0 Å². The number of aromatic nitrogens is 1. The molecule has 1 atom stereocenters. The van der Waals surface area contributed by atoms with Gasteiger partial charge in [-0.25, -0.2) is 0 Å². The van der Waals surface area contributed by atoms with Crippen LogP contribution in [0.3, 0.4) is 0 Å². The van der Waals surface area contributed by atoms with Gasteiger partial charge in [0, 0.05) is 24.5 Å². The van der Waals surface area contributed by atoms with Gasteiger partial charge in [0.15, 0.2) is 0 Å². The number of amides is 2. The van der Waals surface area contributed by atoms with E-state index in [4.69, 9.17) is 4.74 Å². The summed E-state index contributed by atoms with van der Waals surface area (Å²) < 4.78 is 5.91. The Labute approximate surface area is 146 Å². The Morgan fingerprint density at radius 3 is 2.68 bits per heavy atom. The normalized spacial score (nSPS) is 17.0. The SMILES string of the molecule is O=C(NCC(=O)N1CCCC(Oc2ccncc2)C1)c1ccccc1. The number of pyridine rings is 1. The molecule has 0 spiro atoms. The van der Waals surface area contributed by atoms with Crippen LogP contribution in [0.5, 0.6) is 5.75 Å². The third-order valence-electron chi connectivity index (χ3n) is 4.12. The van der Waals surface area contributed by atoms with Crippen LogP contribution in [0.15, 0.2) is 54.9 Å². The second kappa shape index (κ2) is 8.28. The molecule has 1 saturated heterocycles. The van der Waals surface area contributed by atoms with Crippen molar-refractivity contribution in [2.75, 3.05) is 19.6 Å². The quantitative estimate of drug-likeness (QED) is 0.903. The first-order valence-corrected chi connectivity index (χ1v) is 8.40. The molecule has 1 aromatic carbocycles. The van der Waals surface area contributed by atoms with Crippen molar-refractivity contribution in [3.63, 3.8) is 0 Å². The van der Waals surface area contributed by atoms with Crippen molar-refractivity contribution in [1.82, 2.24) is 15.2 Å². The van der Waals surface area contributed by atoms with E-state index in [-0.39, 0.29) is 24.5 Å². The van der Waals surface area contributed by atoms with Gasteiger partial charge >= 0.3 is 0 Å². The zero-order valence-corrected chi connectivity index (χ0v) is 13.9. The summed E-state index contributed by atoms with van der Waals surface area (Å²) in [7, 11) is 0. The van der Waals surface area contributed by atoms with Crippen LogP contribution >= 0.6 is 0 Å². The van der Waals surface area contributed by atoms with Gasteiger partial charge in [-0.3, -0.25) is 14.6 Å². The largest absolute Gasteiger partial charge is 0.488 e. The lowest BCUT2D eigenvalue weighted by Gasteiger charge is -2.33. The van der Waals surface area contributed by atoms with E-state index < -0.39 is 0 Å². The highest BCUT2D eigenvalue weighted by Crippen LogP contribution is 2.17. The van der Waals surface area contributed by atoms with Crippen LogP contribution in [0, 0.1) is 0 Å². The molecule has 6 nitrogen and oxygen atoms in total. The Balaban J connectivity index is 1.49. The number of ether oxygens (including phenoxy) is 1. The maximum absolute atomic E-state index is 12.4. The van der Waals surface area contributed by atoms with Crippen LogP contribution in [0.1, 0.15) is 23.2 Å². The van der Waals surface area contributed by atoms with Crippen LogP contribution in [0.2, 0.25) is 0 Å². The number of nitrogens with one attached hydrogen (secondary N) is 1. The first-order valence-electron chi connectivity index (χ1n) is 8.40.